The Hall–Kier alpha value is -2.33. The Morgan fingerprint density at radius 2 is 1.73 bits per heavy atom. The predicted molar refractivity (Wildman–Crippen MR) is 103 cm³/mol. The maximum Gasteiger partial charge on any atom is 0.257 e. The van der Waals surface area contributed by atoms with E-state index in [1.54, 1.807) is 0 Å². The number of piperazine rings is 1. The molecular weight excluding hydrogens is 324 g/mol. The smallest absolute Gasteiger partial charge is 0.257 e. The van der Waals surface area contributed by atoms with Gasteiger partial charge in [-0.1, -0.05) is 49.4 Å². The number of ether oxygens (including phenoxy) is 1. The largest absolute Gasteiger partial charge is 0.489 e. The van der Waals surface area contributed by atoms with Gasteiger partial charge >= 0.3 is 0 Å². The number of nitrogens with zero attached hydrogens (tertiary/aromatic N) is 2. The third-order valence-corrected chi connectivity index (χ3v) is 5.68. The van der Waals surface area contributed by atoms with Crippen molar-refractivity contribution in [1.82, 2.24) is 9.80 Å². The summed E-state index contributed by atoms with van der Waals surface area (Å²) >= 11 is 0. The second-order valence-electron chi connectivity index (χ2n) is 7.39. The normalized spacial score (nSPS) is 22.8. The van der Waals surface area contributed by atoms with Crippen molar-refractivity contribution in [2.45, 2.75) is 32.4 Å². The highest BCUT2D eigenvalue weighted by Gasteiger charge is 2.33. The predicted octanol–water partition coefficient (Wildman–Crippen LogP) is 3.53. The van der Waals surface area contributed by atoms with Crippen LogP contribution in [0.3, 0.4) is 0 Å². The van der Waals surface area contributed by atoms with E-state index in [2.05, 4.69) is 49.1 Å². The van der Waals surface area contributed by atoms with E-state index >= 15 is 0 Å². The molecule has 2 aliphatic rings. The highest BCUT2D eigenvalue weighted by Crippen LogP contribution is 2.40. The topological polar surface area (TPSA) is 32.8 Å². The van der Waals surface area contributed by atoms with Crippen LogP contribution in [0.4, 0.5) is 0 Å². The molecule has 26 heavy (non-hydrogen) atoms. The van der Waals surface area contributed by atoms with Gasteiger partial charge < -0.3 is 9.64 Å². The molecule has 4 rings (SSSR count). The molecule has 0 aliphatic carbocycles. The fourth-order valence-electron chi connectivity index (χ4n) is 3.88. The maximum absolute atomic E-state index is 13.1. The van der Waals surface area contributed by atoms with Gasteiger partial charge in [-0.25, -0.2) is 0 Å². The van der Waals surface area contributed by atoms with Gasteiger partial charge in [0.2, 0.25) is 0 Å². The monoisotopic (exact) mass is 350 g/mol. The SMILES string of the molecule is C[C@@H]1c2cccc(C(=O)N3CCN(Cc4ccccc4)CC3)c2O[C@@H]1C. The Morgan fingerprint density at radius 1 is 1.00 bits per heavy atom. The lowest BCUT2D eigenvalue weighted by molar-refractivity contribution is 0.0623. The molecule has 2 aromatic carbocycles. The number of benzene rings is 2. The molecule has 1 fully saturated rings. The zero-order valence-corrected chi connectivity index (χ0v) is 15.5. The van der Waals surface area contributed by atoms with Crippen LogP contribution in [-0.4, -0.2) is 48.0 Å². The first-order chi connectivity index (χ1) is 12.6. The van der Waals surface area contributed by atoms with Crippen molar-refractivity contribution < 1.29 is 9.53 Å². The third-order valence-electron chi connectivity index (χ3n) is 5.68. The van der Waals surface area contributed by atoms with Gasteiger partial charge in [0.25, 0.3) is 5.91 Å². The summed E-state index contributed by atoms with van der Waals surface area (Å²) in [6.45, 7) is 8.52. The van der Waals surface area contributed by atoms with E-state index in [9.17, 15) is 4.79 Å². The van der Waals surface area contributed by atoms with E-state index in [4.69, 9.17) is 4.74 Å². The van der Waals surface area contributed by atoms with E-state index in [-0.39, 0.29) is 12.0 Å². The minimum Gasteiger partial charge on any atom is -0.489 e. The summed E-state index contributed by atoms with van der Waals surface area (Å²) in [4.78, 5) is 17.4. The first-order valence-electron chi connectivity index (χ1n) is 9.48. The van der Waals surface area contributed by atoms with Gasteiger partial charge in [-0.2, -0.15) is 0 Å². The van der Waals surface area contributed by atoms with Crippen molar-refractivity contribution in [2.75, 3.05) is 26.2 Å². The van der Waals surface area contributed by atoms with E-state index in [0.29, 0.717) is 5.92 Å². The number of carbonyl (C=O) groups excluding carboxylic acids is 1. The Labute approximate surface area is 155 Å². The maximum atomic E-state index is 13.1. The molecular formula is C22H26N2O2. The summed E-state index contributed by atoms with van der Waals surface area (Å²) in [5, 5.41) is 0. The molecule has 0 saturated carbocycles. The van der Waals surface area contributed by atoms with Crippen molar-refractivity contribution >= 4 is 5.91 Å². The zero-order chi connectivity index (χ0) is 18.1. The molecule has 0 spiro atoms. The summed E-state index contributed by atoms with van der Waals surface area (Å²) in [6, 6.07) is 16.5. The fraction of sp³-hybridized carbons (Fsp3) is 0.409. The lowest BCUT2D eigenvalue weighted by Gasteiger charge is -2.35. The Bertz CT molecular complexity index is 782. The van der Waals surface area contributed by atoms with E-state index in [1.807, 2.05) is 23.1 Å². The standard InChI is InChI=1S/C22H26N2O2/c1-16-17(2)26-21-19(16)9-6-10-20(21)22(25)24-13-11-23(12-14-24)15-18-7-4-3-5-8-18/h3-10,16-17H,11-15H2,1-2H3/t16-,17+/m0/s1. The quantitative estimate of drug-likeness (QED) is 0.849. The molecule has 0 N–H and O–H groups in total. The van der Waals surface area contributed by atoms with Crippen LogP contribution in [-0.2, 0) is 6.54 Å². The molecule has 0 aromatic heterocycles. The van der Waals surface area contributed by atoms with Crippen LogP contribution in [0.2, 0.25) is 0 Å². The number of hydrogen-bond acceptors (Lipinski definition) is 3. The highest BCUT2D eigenvalue weighted by molar-refractivity contribution is 5.97. The number of fused-ring (bicyclic) bond motifs is 1. The van der Waals surface area contributed by atoms with E-state index in [1.165, 1.54) is 5.56 Å². The Morgan fingerprint density at radius 3 is 2.46 bits per heavy atom. The van der Waals surface area contributed by atoms with Gasteiger partial charge in [-0.15, -0.1) is 0 Å². The fourth-order valence-corrected chi connectivity index (χ4v) is 3.88. The number of carbonyl (C=O) groups is 1. The molecule has 0 unspecified atom stereocenters. The molecule has 4 nitrogen and oxygen atoms in total. The van der Waals surface area contributed by atoms with Gasteiger partial charge in [0.05, 0.1) is 5.56 Å². The first kappa shape index (κ1) is 17.1. The zero-order valence-electron chi connectivity index (χ0n) is 15.5. The third kappa shape index (κ3) is 3.21. The second-order valence-corrected chi connectivity index (χ2v) is 7.39. The summed E-state index contributed by atoms with van der Waals surface area (Å²) in [7, 11) is 0. The number of amides is 1. The van der Waals surface area contributed by atoms with Crippen LogP contribution < -0.4 is 4.74 Å². The number of para-hydroxylation sites is 1. The van der Waals surface area contributed by atoms with E-state index < -0.39 is 0 Å². The summed E-state index contributed by atoms with van der Waals surface area (Å²) in [5.41, 5.74) is 3.20. The van der Waals surface area contributed by atoms with E-state index in [0.717, 1.165) is 49.6 Å². The second kappa shape index (κ2) is 7.12. The molecule has 0 bridgehead atoms. The molecule has 4 heteroatoms. The molecule has 2 aromatic rings. The van der Waals surface area contributed by atoms with Crippen LogP contribution in [0, 0.1) is 0 Å². The lowest BCUT2D eigenvalue weighted by atomic mass is 9.96. The molecule has 1 amide bonds. The Balaban J connectivity index is 1.42. The average Bonchev–Trinajstić information content (AvgIpc) is 2.97. The summed E-state index contributed by atoms with van der Waals surface area (Å²) in [6.07, 6.45) is 0.127. The summed E-state index contributed by atoms with van der Waals surface area (Å²) < 4.78 is 6.00. The molecule has 136 valence electrons. The van der Waals surface area contributed by atoms with Gasteiger partial charge in [0.1, 0.15) is 11.9 Å². The molecule has 1 saturated heterocycles. The van der Waals surface area contributed by atoms with Crippen LogP contribution in [0.5, 0.6) is 5.75 Å². The lowest BCUT2D eigenvalue weighted by Crippen LogP contribution is -2.48. The Kier molecular flexibility index (Phi) is 4.68. The van der Waals surface area contributed by atoms with Crippen LogP contribution in [0.25, 0.3) is 0 Å². The van der Waals surface area contributed by atoms with Gasteiger partial charge in [0, 0.05) is 44.2 Å². The van der Waals surface area contributed by atoms with Crippen molar-refractivity contribution in [3.8, 4) is 5.75 Å². The van der Waals surface area contributed by atoms with Crippen molar-refractivity contribution in [1.29, 1.82) is 0 Å². The highest BCUT2D eigenvalue weighted by atomic mass is 16.5. The van der Waals surface area contributed by atoms with Crippen LogP contribution in [0.15, 0.2) is 48.5 Å². The van der Waals surface area contributed by atoms with Crippen LogP contribution in [0.1, 0.15) is 41.3 Å². The van der Waals surface area contributed by atoms with Crippen LogP contribution >= 0.6 is 0 Å². The minimum absolute atomic E-state index is 0.0995. The van der Waals surface area contributed by atoms with Crippen molar-refractivity contribution in [3.05, 3.63) is 65.2 Å². The molecule has 0 radical (unpaired) electrons. The molecule has 2 atom stereocenters. The molecule has 2 aliphatic heterocycles. The number of rotatable bonds is 3. The minimum atomic E-state index is 0.0995. The first-order valence-corrected chi connectivity index (χ1v) is 9.48. The van der Waals surface area contributed by atoms with Crippen molar-refractivity contribution in [2.24, 2.45) is 0 Å². The van der Waals surface area contributed by atoms with Gasteiger partial charge in [0.15, 0.2) is 0 Å². The molecule has 2 heterocycles. The van der Waals surface area contributed by atoms with Crippen molar-refractivity contribution in [3.63, 3.8) is 0 Å². The van der Waals surface area contributed by atoms with Gasteiger partial charge in [-0.05, 0) is 18.6 Å². The summed E-state index contributed by atoms with van der Waals surface area (Å²) in [5.74, 6) is 1.23. The average molecular weight is 350 g/mol. The number of hydrogen-bond donors (Lipinski definition) is 0. The van der Waals surface area contributed by atoms with Gasteiger partial charge in [-0.3, -0.25) is 9.69 Å².